The van der Waals surface area contributed by atoms with Crippen LogP contribution in [0.5, 0.6) is 0 Å². The zero-order valence-corrected chi connectivity index (χ0v) is 11.8. The molecule has 1 aromatic carbocycles. The molecule has 0 bridgehead atoms. The third-order valence-electron chi connectivity index (χ3n) is 2.85. The molecular weight excluding hydrogens is 318 g/mol. The number of alkyl halides is 3. The number of sulfonamides is 1. The molecule has 2 rings (SSSR count). The highest BCUT2D eigenvalue weighted by molar-refractivity contribution is 7.99. The van der Waals surface area contributed by atoms with Gasteiger partial charge in [-0.2, -0.15) is 29.2 Å². The van der Waals surface area contributed by atoms with E-state index in [4.69, 9.17) is 0 Å². The second kappa shape index (κ2) is 5.53. The number of thioether (sulfide) groups is 1. The SMILES string of the molecule is O=S(=O)(c1ccc(F)c(C(F)(F)F)c1)N1CCSCC1. The molecule has 1 fully saturated rings. The highest BCUT2D eigenvalue weighted by Gasteiger charge is 2.36. The van der Waals surface area contributed by atoms with Gasteiger partial charge in [-0.05, 0) is 18.2 Å². The Morgan fingerprint density at radius 2 is 1.75 bits per heavy atom. The zero-order chi connectivity index (χ0) is 15.0. The Bertz CT molecular complexity index is 595. The molecule has 1 aliphatic rings. The molecule has 3 nitrogen and oxygen atoms in total. The summed E-state index contributed by atoms with van der Waals surface area (Å²) in [6, 6.07) is 1.75. The summed E-state index contributed by atoms with van der Waals surface area (Å²) < 4.78 is 76.5. The lowest BCUT2D eigenvalue weighted by atomic mass is 10.2. The highest BCUT2D eigenvalue weighted by atomic mass is 32.2. The standard InChI is InChI=1S/C11H11F4NO2S2/c12-10-2-1-8(7-9(10)11(13,14)15)20(17,18)16-3-5-19-6-4-16/h1-2,7H,3-6H2. The van der Waals surface area contributed by atoms with E-state index in [2.05, 4.69) is 0 Å². The molecule has 0 saturated carbocycles. The Hall–Kier alpha value is -0.800. The zero-order valence-electron chi connectivity index (χ0n) is 10.2. The summed E-state index contributed by atoms with van der Waals surface area (Å²) >= 11 is 1.57. The van der Waals surface area contributed by atoms with Gasteiger partial charge in [0.1, 0.15) is 5.82 Å². The van der Waals surface area contributed by atoms with Crippen LogP contribution in [0.25, 0.3) is 0 Å². The second-order valence-electron chi connectivity index (χ2n) is 4.16. The Kier molecular flexibility index (Phi) is 4.31. The summed E-state index contributed by atoms with van der Waals surface area (Å²) in [7, 11) is -4.01. The third-order valence-corrected chi connectivity index (χ3v) is 5.69. The van der Waals surface area contributed by atoms with Crippen LogP contribution in [0.15, 0.2) is 23.1 Å². The minimum absolute atomic E-state index is 0.242. The Balaban J connectivity index is 2.42. The smallest absolute Gasteiger partial charge is 0.207 e. The van der Waals surface area contributed by atoms with Gasteiger partial charge in [0, 0.05) is 24.6 Å². The number of halogens is 4. The van der Waals surface area contributed by atoms with Crippen molar-refractivity contribution in [1.82, 2.24) is 4.31 Å². The van der Waals surface area contributed by atoms with Crippen molar-refractivity contribution in [2.45, 2.75) is 11.1 Å². The Labute approximate surface area is 118 Å². The molecule has 0 radical (unpaired) electrons. The third kappa shape index (κ3) is 3.09. The topological polar surface area (TPSA) is 37.4 Å². The molecule has 0 amide bonds. The van der Waals surface area contributed by atoms with Gasteiger partial charge in [-0.3, -0.25) is 0 Å². The average molecular weight is 329 g/mol. The predicted octanol–water partition coefficient (Wildman–Crippen LogP) is 2.58. The van der Waals surface area contributed by atoms with Crippen molar-refractivity contribution in [3.63, 3.8) is 0 Å². The number of nitrogens with zero attached hydrogens (tertiary/aromatic N) is 1. The molecule has 1 saturated heterocycles. The summed E-state index contributed by atoms with van der Waals surface area (Å²) in [6.07, 6.45) is -4.92. The van der Waals surface area contributed by atoms with E-state index >= 15 is 0 Å². The predicted molar refractivity (Wildman–Crippen MR) is 67.5 cm³/mol. The van der Waals surface area contributed by atoms with E-state index in [-0.39, 0.29) is 13.1 Å². The summed E-state index contributed by atoms with van der Waals surface area (Å²) in [5, 5.41) is 0. The number of hydrogen-bond acceptors (Lipinski definition) is 3. The number of hydrogen-bond donors (Lipinski definition) is 0. The van der Waals surface area contributed by atoms with Gasteiger partial charge in [-0.25, -0.2) is 12.8 Å². The van der Waals surface area contributed by atoms with Gasteiger partial charge in [0.15, 0.2) is 0 Å². The molecule has 112 valence electrons. The van der Waals surface area contributed by atoms with Gasteiger partial charge in [-0.1, -0.05) is 0 Å². The molecule has 0 atom stereocenters. The van der Waals surface area contributed by atoms with Crippen LogP contribution in [0.1, 0.15) is 5.56 Å². The maximum Gasteiger partial charge on any atom is 0.419 e. The van der Waals surface area contributed by atoms with Crippen LogP contribution >= 0.6 is 11.8 Å². The van der Waals surface area contributed by atoms with Gasteiger partial charge >= 0.3 is 6.18 Å². The highest BCUT2D eigenvalue weighted by Crippen LogP contribution is 2.33. The first-order chi connectivity index (χ1) is 9.23. The van der Waals surface area contributed by atoms with Gasteiger partial charge < -0.3 is 0 Å². The van der Waals surface area contributed by atoms with Gasteiger partial charge in [0.05, 0.1) is 10.5 Å². The monoisotopic (exact) mass is 329 g/mol. The normalized spacial score (nSPS) is 18.2. The fourth-order valence-corrected chi connectivity index (χ4v) is 4.42. The van der Waals surface area contributed by atoms with Gasteiger partial charge in [0.25, 0.3) is 0 Å². The van der Waals surface area contributed by atoms with Crippen LogP contribution in [-0.4, -0.2) is 37.3 Å². The first-order valence-corrected chi connectivity index (χ1v) is 8.27. The van der Waals surface area contributed by atoms with Gasteiger partial charge in [0.2, 0.25) is 10.0 Å². The molecular formula is C11H11F4NO2S2. The van der Waals surface area contributed by atoms with Crippen LogP contribution in [0, 0.1) is 5.82 Å². The quantitative estimate of drug-likeness (QED) is 0.783. The lowest BCUT2D eigenvalue weighted by molar-refractivity contribution is -0.140. The fourth-order valence-electron chi connectivity index (χ4n) is 1.82. The summed E-state index contributed by atoms with van der Waals surface area (Å²) in [5.74, 6) is -0.301. The fraction of sp³-hybridized carbons (Fsp3) is 0.455. The molecule has 0 aromatic heterocycles. The molecule has 0 spiro atoms. The molecule has 1 aromatic rings. The molecule has 0 N–H and O–H groups in total. The Morgan fingerprint density at radius 3 is 2.30 bits per heavy atom. The van der Waals surface area contributed by atoms with E-state index < -0.39 is 32.5 Å². The maximum atomic E-state index is 13.2. The van der Waals surface area contributed by atoms with Crippen molar-refractivity contribution in [2.75, 3.05) is 24.6 Å². The van der Waals surface area contributed by atoms with Crippen LogP contribution in [-0.2, 0) is 16.2 Å². The molecule has 20 heavy (non-hydrogen) atoms. The molecule has 0 unspecified atom stereocenters. The Morgan fingerprint density at radius 1 is 1.15 bits per heavy atom. The average Bonchev–Trinajstić information content (AvgIpc) is 2.38. The molecule has 1 heterocycles. The van der Waals surface area contributed by atoms with Crippen molar-refractivity contribution in [2.24, 2.45) is 0 Å². The van der Waals surface area contributed by atoms with E-state index in [0.717, 1.165) is 10.4 Å². The van der Waals surface area contributed by atoms with Crippen LogP contribution in [0.2, 0.25) is 0 Å². The number of benzene rings is 1. The minimum atomic E-state index is -4.92. The second-order valence-corrected chi connectivity index (χ2v) is 7.32. The van der Waals surface area contributed by atoms with Gasteiger partial charge in [-0.15, -0.1) is 0 Å². The van der Waals surface area contributed by atoms with E-state index in [0.29, 0.717) is 23.6 Å². The van der Waals surface area contributed by atoms with Crippen molar-refractivity contribution in [3.05, 3.63) is 29.6 Å². The van der Waals surface area contributed by atoms with Crippen molar-refractivity contribution in [3.8, 4) is 0 Å². The van der Waals surface area contributed by atoms with Crippen LogP contribution in [0.4, 0.5) is 17.6 Å². The van der Waals surface area contributed by atoms with E-state index in [9.17, 15) is 26.0 Å². The van der Waals surface area contributed by atoms with Crippen molar-refractivity contribution in [1.29, 1.82) is 0 Å². The summed E-state index contributed by atoms with van der Waals surface area (Å²) in [6.45, 7) is 0.484. The first-order valence-electron chi connectivity index (χ1n) is 5.67. The van der Waals surface area contributed by atoms with E-state index in [1.165, 1.54) is 0 Å². The molecule has 9 heteroatoms. The summed E-state index contributed by atoms with van der Waals surface area (Å²) in [5.41, 5.74) is -1.56. The van der Waals surface area contributed by atoms with E-state index in [1.54, 1.807) is 11.8 Å². The van der Waals surface area contributed by atoms with Crippen molar-refractivity contribution < 1.29 is 26.0 Å². The first kappa shape index (κ1) is 15.6. The maximum absolute atomic E-state index is 13.2. The largest absolute Gasteiger partial charge is 0.419 e. The number of rotatable bonds is 2. The van der Waals surface area contributed by atoms with Crippen molar-refractivity contribution >= 4 is 21.8 Å². The minimum Gasteiger partial charge on any atom is -0.207 e. The van der Waals surface area contributed by atoms with Crippen LogP contribution in [0.3, 0.4) is 0 Å². The molecule has 1 aliphatic heterocycles. The lowest BCUT2D eigenvalue weighted by Gasteiger charge is -2.25. The summed E-state index contributed by atoms with van der Waals surface area (Å²) in [4.78, 5) is -0.530. The van der Waals surface area contributed by atoms with E-state index in [1.807, 2.05) is 0 Å². The molecule has 0 aliphatic carbocycles. The van der Waals surface area contributed by atoms with Crippen LogP contribution < -0.4 is 0 Å². The lowest BCUT2D eigenvalue weighted by Crippen LogP contribution is -2.38.